The molecular formula is C22H31NO7. The first-order valence-electron chi connectivity index (χ1n) is 10.7. The van der Waals surface area contributed by atoms with Gasteiger partial charge in [0.1, 0.15) is 17.3 Å². The summed E-state index contributed by atoms with van der Waals surface area (Å²) in [5.74, 6) is -1.56. The molecule has 0 heterocycles. The molecule has 3 aliphatic rings. The van der Waals surface area contributed by atoms with Crippen molar-refractivity contribution < 1.29 is 33.8 Å². The van der Waals surface area contributed by atoms with Crippen LogP contribution in [0.4, 0.5) is 0 Å². The molecule has 3 rings (SSSR count). The maximum absolute atomic E-state index is 13.2. The van der Waals surface area contributed by atoms with Crippen LogP contribution in [0.25, 0.3) is 0 Å². The first kappa shape index (κ1) is 22.6. The molecule has 0 bridgehead atoms. The number of hydrogen-bond acceptors (Lipinski definition) is 7. The SMILES string of the molecule is COC(=O)[C@H](CO)NC(=O)CC[C@@]1(C)C(=O)CC[C@@H]2[C@@H]1C(=O)C[C@]1(C)C(=O)CC[C@@H]21. The van der Waals surface area contributed by atoms with E-state index in [0.29, 0.717) is 19.3 Å². The molecular weight excluding hydrogens is 390 g/mol. The molecule has 0 aliphatic heterocycles. The lowest BCUT2D eigenvalue weighted by molar-refractivity contribution is -0.160. The fourth-order valence-electron chi connectivity index (χ4n) is 6.17. The highest BCUT2D eigenvalue weighted by Crippen LogP contribution is 2.60. The van der Waals surface area contributed by atoms with Gasteiger partial charge in [-0.1, -0.05) is 13.8 Å². The third kappa shape index (κ3) is 3.59. The largest absolute Gasteiger partial charge is 0.467 e. The van der Waals surface area contributed by atoms with Crippen molar-refractivity contribution in [2.24, 2.45) is 28.6 Å². The Morgan fingerprint density at radius 3 is 2.47 bits per heavy atom. The maximum Gasteiger partial charge on any atom is 0.330 e. The fourth-order valence-corrected chi connectivity index (χ4v) is 6.17. The zero-order valence-electron chi connectivity index (χ0n) is 17.9. The van der Waals surface area contributed by atoms with Gasteiger partial charge in [-0.15, -0.1) is 0 Å². The normalized spacial score (nSPS) is 36.7. The topological polar surface area (TPSA) is 127 Å². The van der Waals surface area contributed by atoms with E-state index in [4.69, 9.17) is 0 Å². The highest BCUT2D eigenvalue weighted by Gasteiger charge is 2.62. The molecule has 8 heteroatoms. The molecule has 2 N–H and O–H groups in total. The molecule has 3 fully saturated rings. The molecule has 166 valence electrons. The molecule has 0 aromatic carbocycles. The zero-order valence-corrected chi connectivity index (χ0v) is 17.9. The Kier molecular flexibility index (Phi) is 6.18. The highest BCUT2D eigenvalue weighted by molar-refractivity contribution is 5.99. The average molecular weight is 421 g/mol. The lowest BCUT2D eigenvalue weighted by Gasteiger charge is -2.52. The Morgan fingerprint density at radius 2 is 1.83 bits per heavy atom. The number of carbonyl (C=O) groups excluding carboxylic acids is 5. The Bertz CT molecular complexity index is 777. The first-order valence-corrected chi connectivity index (χ1v) is 10.7. The van der Waals surface area contributed by atoms with Gasteiger partial charge in [0.15, 0.2) is 6.04 Å². The number of nitrogens with one attached hydrogen (secondary N) is 1. The summed E-state index contributed by atoms with van der Waals surface area (Å²) < 4.78 is 4.54. The number of fused-ring (bicyclic) bond motifs is 3. The number of esters is 1. The van der Waals surface area contributed by atoms with Crippen LogP contribution in [-0.4, -0.2) is 54.1 Å². The fraction of sp³-hybridized carbons (Fsp3) is 0.773. The minimum Gasteiger partial charge on any atom is -0.467 e. The summed E-state index contributed by atoms with van der Waals surface area (Å²) in [5.41, 5.74) is -1.59. The predicted octanol–water partition coefficient (Wildman–Crippen LogP) is 0.976. The van der Waals surface area contributed by atoms with Gasteiger partial charge in [0.2, 0.25) is 5.91 Å². The predicted molar refractivity (Wildman–Crippen MR) is 105 cm³/mol. The first-order chi connectivity index (χ1) is 14.1. The van der Waals surface area contributed by atoms with Crippen molar-refractivity contribution in [2.45, 2.75) is 64.8 Å². The van der Waals surface area contributed by atoms with E-state index in [2.05, 4.69) is 10.1 Å². The molecule has 0 unspecified atom stereocenters. The van der Waals surface area contributed by atoms with Gasteiger partial charge in [0.25, 0.3) is 0 Å². The number of ether oxygens (including phenoxy) is 1. The zero-order chi connectivity index (χ0) is 22.3. The maximum atomic E-state index is 13.2. The monoisotopic (exact) mass is 421 g/mol. The van der Waals surface area contributed by atoms with E-state index in [1.54, 1.807) is 6.92 Å². The van der Waals surface area contributed by atoms with Gasteiger partial charge >= 0.3 is 5.97 Å². The molecule has 0 saturated heterocycles. The van der Waals surface area contributed by atoms with Crippen LogP contribution in [0.3, 0.4) is 0 Å². The number of aliphatic hydroxyl groups is 1. The van der Waals surface area contributed by atoms with E-state index >= 15 is 0 Å². The van der Waals surface area contributed by atoms with Crippen LogP contribution in [0.5, 0.6) is 0 Å². The summed E-state index contributed by atoms with van der Waals surface area (Å²) in [6, 6.07) is -1.16. The Balaban J connectivity index is 1.76. The van der Waals surface area contributed by atoms with Gasteiger partial charge in [0, 0.05) is 42.4 Å². The summed E-state index contributed by atoms with van der Waals surface area (Å²) in [5, 5.41) is 11.7. The minimum atomic E-state index is -1.16. The van der Waals surface area contributed by atoms with Crippen molar-refractivity contribution in [3.05, 3.63) is 0 Å². The third-order valence-electron chi connectivity index (χ3n) is 7.87. The Labute approximate surface area is 176 Å². The van der Waals surface area contributed by atoms with E-state index in [9.17, 15) is 29.1 Å². The third-order valence-corrected chi connectivity index (χ3v) is 7.87. The van der Waals surface area contributed by atoms with Crippen molar-refractivity contribution in [2.75, 3.05) is 13.7 Å². The molecule has 1 amide bonds. The van der Waals surface area contributed by atoms with Gasteiger partial charge in [-0.2, -0.15) is 0 Å². The summed E-state index contributed by atoms with van der Waals surface area (Å²) in [6.45, 7) is 3.07. The number of ketones is 3. The smallest absolute Gasteiger partial charge is 0.330 e. The van der Waals surface area contributed by atoms with Gasteiger partial charge in [-0.25, -0.2) is 4.79 Å². The second-order valence-electron chi connectivity index (χ2n) is 9.48. The van der Waals surface area contributed by atoms with Crippen LogP contribution < -0.4 is 5.32 Å². The van der Waals surface area contributed by atoms with Gasteiger partial charge < -0.3 is 15.2 Å². The number of hydrogen-bond donors (Lipinski definition) is 2. The lowest BCUT2D eigenvalue weighted by Crippen LogP contribution is -2.56. The molecule has 8 nitrogen and oxygen atoms in total. The lowest BCUT2D eigenvalue weighted by atomic mass is 9.48. The molecule has 6 atom stereocenters. The molecule has 0 spiro atoms. The van der Waals surface area contributed by atoms with Crippen LogP contribution in [0.2, 0.25) is 0 Å². The van der Waals surface area contributed by atoms with E-state index in [1.165, 1.54) is 0 Å². The molecule has 3 aliphatic carbocycles. The van der Waals surface area contributed by atoms with E-state index < -0.39 is 41.3 Å². The van der Waals surface area contributed by atoms with Gasteiger partial charge in [-0.3, -0.25) is 19.2 Å². The number of amides is 1. The second-order valence-corrected chi connectivity index (χ2v) is 9.48. The van der Waals surface area contributed by atoms with Crippen molar-refractivity contribution >= 4 is 29.2 Å². The molecule has 30 heavy (non-hydrogen) atoms. The summed E-state index contributed by atoms with van der Waals surface area (Å²) in [4.78, 5) is 62.5. The highest BCUT2D eigenvalue weighted by atomic mass is 16.5. The molecule has 0 aromatic heterocycles. The van der Waals surface area contributed by atoms with E-state index in [1.807, 2.05) is 6.92 Å². The minimum absolute atomic E-state index is 0.0197. The van der Waals surface area contributed by atoms with Crippen molar-refractivity contribution in [1.29, 1.82) is 0 Å². The van der Waals surface area contributed by atoms with Crippen molar-refractivity contribution in [1.82, 2.24) is 5.32 Å². The second kappa shape index (κ2) is 8.21. The van der Waals surface area contributed by atoms with Crippen LogP contribution in [0.15, 0.2) is 0 Å². The van der Waals surface area contributed by atoms with Crippen LogP contribution in [0, 0.1) is 28.6 Å². The molecule has 0 radical (unpaired) electrons. The molecule has 3 saturated carbocycles. The van der Waals surface area contributed by atoms with Crippen LogP contribution >= 0.6 is 0 Å². The Hall–Kier alpha value is -2.09. The number of rotatable bonds is 6. The van der Waals surface area contributed by atoms with Gasteiger partial charge in [0.05, 0.1) is 13.7 Å². The average Bonchev–Trinajstić information content (AvgIpc) is 3.00. The van der Waals surface area contributed by atoms with E-state index in [0.717, 1.165) is 13.5 Å². The van der Waals surface area contributed by atoms with Crippen molar-refractivity contribution in [3.8, 4) is 0 Å². The van der Waals surface area contributed by atoms with Crippen LogP contribution in [0.1, 0.15) is 58.8 Å². The van der Waals surface area contributed by atoms with E-state index in [-0.39, 0.29) is 48.4 Å². The van der Waals surface area contributed by atoms with Gasteiger partial charge in [-0.05, 0) is 31.1 Å². The van der Waals surface area contributed by atoms with Crippen LogP contribution in [-0.2, 0) is 28.7 Å². The summed E-state index contributed by atoms with van der Waals surface area (Å²) in [6.07, 6.45) is 2.50. The number of carbonyl (C=O) groups is 5. The number of Topliss-reactive ketones (excluding diaryl/α,β-unsaturated/α-hetero) is 3. The van der Waals surface area contributed by atoms with Crippen molar-refractivity contribution in [3.63, 3.8) is 0 Å². The molecule has 0 aromatic rings. The Morgan fingerprint density at radius 1 is 1.17 bits per heavy atom. The number of methoxy groups -OCH3 is 1. The summed E-state index contributed by atoms with van der Waals surface area (Å²) in [7, 11) is 1.16. The summed E-state index contributed by atoms with van der Waals surface area (Å²) >= 11 is 0. The quantitative estimate of drug-likeness (QED) is 0.612. The number of aliphatic hydroxyl groups excluding tert-OH is 1. The standard InChI is InChI=1S/C22H31NO7/c1-21(9-8-18(28)23-14(11-24)20(29)30-3)16(26)6-4-12-13-5-7-17(27)22(13,2)10-15(25)19(12)21/h12-14,19,24H,4-11H2,1-3H3,(H,23,28)/t12-,13-,14-,19+,21-,22-/m0/s1.